The lowest BCUT2D eigenvalue weighted by molar-refractivity contribution is 0.293. The molecule has 2 heteroatoms. The van der Waals surface area contributed by atoms with Crippen LogP contribution in [-0.4, -0.2) is 17.6 Å². The van der Waals surface area contributed by atoms with Gasteiger partial charge in [0.25, 0.3) is 0 Å². The van der Waals surface area contributed by atoms with Gasteiger partial charge in [0.05, 0.1) is 0 Å². The summed E-state index contributed by atoms with van der Waals surface area (Å²) < 4.78 is 0. The van der Waals surface area contributed by atoms with Crippen LogP contribution in [-0.2, 0) is 0 Å². The highest BCUT2D eigenvalue weighted by Crippen LogP contribution is 2.19. The number of nitrogens with one attached hydrogen (secondary N) is 1. The van der Waals surface area contributed by atoms with Crippen LogP contribution >= 0.6 is 0 Å². The molecule has 2 nitrogen and oxygen atoms in total. The molecule has 0 aromatic heterocycles. The molecule has 0 amide bonds. The second kappa shape index (κ2) is 6.03. The van der Waals surface area contributed by atoms with E-state index < -0.39 is 0 Å². The van der Waals surface area contributed by atoms with E-state index in [-0.39, 0.29) is 0 Å². The lowest BCUT2D eigenvalue weighted by Gasteiger charge is -2.15. The Morgan fingerprint density at radius 1 is 1.46 bits per heavy atom. The highest BCUT2D eigenvalue weighted by molar-refractivity contribution is 5.15. The maximum atomic E-state index is 3.38. The average molecular weight is 184 g/mol. The predicted octanol–water partition coefficient (Wildman–Crippen LogP) is 2.78. The first-order valence-electron chi connectivity index (χ1n) is 5.39. The predicted molar refractivity (Wildman–Crippen MR) is 59.2 cm³/mol. The quantitative estimate of drug-likeness (QED) is 0.710. The Balaban J connectivity index is 0.000000671. The van der Waals surface area contributed by atoms with Crippen LogP contribution in [0.1, 0.15) is 41.5 Å². The van der Waals surface area contributed by atoms with Gasteiger partial charge in [0, 0.05) is 18.8 Å². The molecular weight excluding hydrogens is 160 g/mol. The fourth-order valence-corrected chi connectivity index (χ4v) is 1.48. The first kappa shape index (κ1) is 12.5. The standard InChI is InChI=1S/C9H18N2.C2H6/c1-5-11-6-9(7(2)3)8(4)10-11;1-2/h6-8,10H,5H2,1-4H3;1-2H3. The van der Waals surface area contributed by atoms with Crippen LogP contribution in [0.25, 0.3) is 0 Å². The molecule has 78 valence electrons. The van der Waals surface area contributed by atoms with Crippen molar-refractivity contribution in [1.82, 2.24) is 10.4 Å². The van der Waals surface area contributed by atoms with Gasteiger partial charge in [-0.25, -0.2) is 5.43 Å². The molecule has 13 heavy (non-hydrogen) atoms. The van der Waals surface area contributed by atoms with E-state index in [0.717, 1.165) is 6.54 Å². The van der Waals surface area contributed by atoms with Gasteiger partial charge in [-0.05, 0) is 25.3 Å². The van der Waals surface area contributed by atoms with E-state index >= 15 is 0 Å². The van der Waals surface area contributed by atoms with Crippen LogP contribution in [0.2, 0.25) is 0 Å². The van der Waals surface area contributed by atoms with E-state index in [1.807, 2.05) is 13.8 Å². The minimum Gasteiger partial charge on any atom is -0.315 e. The van der Waals surface area contributed by atoms with E-state index in [1.165, 1.54) is 5.57 Å². The van der Waals surface area contributed by atoms with E-state index in [4.69, 9.17) is 0 Å². The van der Waals surface area contributed by atoms with Gasteiger partial charge < -0.3 is 5.01 Å². The van der Waals surface area contributed by atoms with Gasteiger partial charge in [-0.15, -0.1) is 0 Å². The number of hydrogen-bond donors (Lipinski definition) is 1. The molecule has 1 aliphatic heterocycles. The molecule has 0 saturated carbocycles. The molecule has 1 rings (SSSR count). The van der Waals surface area contributed by atoms with Gasteiger partial charge in [-0.2, -0.15) is 0 Å². The SMILES string of the molecule is CC.CCN1C=C(C(C)C)C(C)N1. The Morgan fingerprint density at radius 3 is 2.23 bits per heavy atom. The maximum absolute atomic E-state index is 3.38. The lowest BCUT2D eigenvalue weighted by Crippen LogP contribution is -2.34. The minimum absolute atomic E-state index is 0.523. The van der Waals surface area contributed by atoms with Crippen molar-refractivity contribution in [3.63, 3.8) is 0 Å². The fraction of sp³-hybridized carbons (Fsp3) is 0.818. The highest BCUT2D eigenvalue weighted by Gasteiger charge is 2.20. The van der Waals surface area contributed by atoms with Crippen molar-refractivity contribution in [2.45, 2.75) is 47.6 Å². The van der Waals surface area contributed by atoms with Crippen molar-refractivity contribution >= 4 is 0 Å². The molecule has 1 unspecified atom stereocenters. The Kier molecular flexibility index (Phi) is 5.80. The van der Waals surface area contributed by atoms with Crippen molar-refractivity contribution in [2.24, 2.45) is 5.92 Å². The number of rotatable bonds is 2. The molecule has 0 spiro atoms. The van der Waals surface area contributed by atoms with Crippen LogP contribution in [0.4, 0.5) is 0 Å². The van der Waals surface area contributed by atoms with Crippen LogP contribution < -0.4 is 5.43 Å². The van der Waals surface area contributed by atoms with Crippen LogP contribution in [0, 0.1) is 5.92 Å². The summed E-state index contributed by atoms with van der Waals surface area (Å²) in [5.74, 6) is 0.661. The zero-order valence-electron chi connectivity index (χ0n) is 9.89. The Labute approximate surface area is 83.0 Å². The Morgan fingerprint density at radius 2 is 2.00 bits per heavy atom. The van der Waals surface area contributed by atoms with Crippen molar-refractivity contribution in [1.29, 1.82) is 0 Å². The first-order chi connectivity index (χ1) is 6.15. The summed E-state index contributed by atoms with van der Waals surface area (Å²) in [6.45, 7) is 13.9. The summed E-state index contributed by atoms with van der Waals surface area (Å²) in [6.07, 6.45) is 2.23. The van der Waals surface area contributed by atoms with Gasteiger partial charge in [-0.1, -0.05) is 27.7 Å². The molecule has 0 fully saturated rings. The third kappa shape index (κ3) is 3.39. The van der Waals surface area contributed by atoms with Crippen LogP contribution in [0.15, 0.2) is 11.8 Å². The van der Waals surface area contributed by atoms with Crippen molar-refractivity contribution in [3.05, 3.63) is 11.8 Å². The average Bonchev–Trinajstić information content (AvgIpc) is 2.50. The monoisotopic (exact) mass is 184 g/mol. The second-order valence-electron chi connectivity index (χ2n) is 3.42. The number of hydrazine groups is 1. The van der Waals surface area contributed by atoms with E-state index in [9.17, 15) is 0 Å². The summed E-state index contributed by atoms with van der Waals surface area (Å²) in [5.41, 5.74) is 4.88. The summed E-state index contributed by atoms with van der Waals surface area (Å²) in [5, 5.41) is 2.15. The molecule has 1 N–H and O–H groups in total. The number of nitrogens with zero attached hydrogens (tertiary/aromatic N) is 1. The van der Waals surface area contributed by atoms with Gasteiger partial charge >= 0.3 is 0 Å². The third-order valence-corrected chi connectivity index (χ3v) is 2.17. The normalized spacial score (nSPS) is 21.3. The highest BCUT2D eigenvalue weighted by atomic mass is 15.5. The molecule has 0 aromatic rings. The van der Waals surface area contributed by atoms with Crippen molar-refractivity contribution < 1.29 is 0 Å². The zero-order chi connectivity index (χ0) is 10.4. The van der Waals surface area contributed by atoms with Gasteiger partial charge in [0.2, 0.25) is 0 Å². The van der Waals surface area contributed by atoms with Crippen LogP contribution in [0.3, 0.4) is 0 Å². The summed E-state index contributed by atoms with van der Waals surface area (Å²) in [4.78, 5) is 0. The minimum atomic E-state index is 0.523. The van der Waals surface area contributed by atoms with Gasteiger partial charge in [0.1, 0.15) is 0 Å². The zero-order valence-corrected chi connectivity index (χ0v) is 9.89. The second-order valence-corrected chi connectivity index (χ2v) is 3.42. The molecule has 0 radical (unpaired) electrons. The third-order valence-electron chi connectivity index (χ3n) is 2.17. The summed E-state index contributed by atoms with van der Waals surface area (Å²) in [6, 6.07) is 0.523. The Hall–Kier alpha value is -0.500. The van der Waals surface area contributed by atoms with Crippen molar-refractivity contribution in [3.8, 4) is 0 Å². The molecule has 0 bridgehead atoms. The van der Waals surface area contributed by atoms with Crippen LogP contribution in [0.5, 0.6) is 0 Å². The van der Waals surface area contributed by atoms with E-state index in [2.05, 4.69) is 44.3 Å². The summed E-state index contributed by atoms with van der Waals surface area (Å²) in [7, 11) is 0. The molecule has 0 aliphatic carbocycles. The van der Waals surface area contributed by atoms with E-state index in [1.54, 1.807) is 0 Å². The van der Waals surface area contributed by atoms with Gasteiger partial charge in [0.15, 0.2) is 0 Å². The fourth-order valence-electron chi connectivity index (χ4n) is 1.48. The topological polar surface area (TPSA) is 15.3 Å². The molecule has 0 saturated heterocycles. The van der Waals surface area contributed by atoms with Crippen molar-refractivity contribution in [2.75, 3.05) is 6.54 Å². The molecule has 0 aromatic carbocycles. The molecule has 1 aliphatic rings. The largest absolute Gasteiger partial charge is 0.315 e. The first-order valence-corrected chi connectivity index (χ1v) is 5.39. The maximum Gasteiger partial charge on any atom is 0.0463 e. The lowest BCUT2D eigenvalue weighted by atomic mass is 9.99. The number of hydrogen-bond acceptors (Lipinski definition) is 2. The molecular formula is C11H24N2. The smallest absolute Gasteiger partial charge is 0.0463 e. The molecule has 1 heterocycles. The Bertz CT molecular complexity index is 161. The van der Waals surface area contributed by atoms with Gasteiger partial charge in [-0.3, -0.25) is 0 Å². The van der Waals surface area contributed by atoms with E-state index in [0.29, 0.717) is 12.0 Å². The summed E-state index contributed by atoms with van der Waals surface area (Å²) >= 11 is 0. The molecule has 1 atom stereocenters.